The van der Waals surface area contributed by atoms with Gasteiger partial charge < -0.3 is 0 Å². The van der Waals surface area contributed by atoms with Crippen molar-refractivity contribution in [2.75, 3.05) is 11.9 Å². The molecule has 0 saturated heterocycles. The normalized spacial score (nSPS) is 10.5. The first kappa shape index (κ1) is 13.4. The summed E-state index contributed by atoms with van der Waals surface area (Å²) < 4.78 is 1.12. The molecule has 1 heterocycles. The molecule has 100 valence electrons. The first-order valence-corrected chi connectivity index (χ1v) is 8.46. The maximum absolute atomic E-state index is 5.92. The van der Waals surface area contributed by atoms with Crippen LogP contribution in [0.5, 0.6) is 0 Å². The third-order valence-electron chi connectivity index (χ3n) is 3.06. The van der Waals surface area contributed by atoms with Crippen molar-refractivity contribution in [3.05, 3.63) is 64.6 Å². The van der Waals surface area contributed by atoms with Gasteiger partial charge in [-0.15, -0.1) is 0 Å². The molecule has 0 aliphatic rings. The van der Waals surface area contributed by atoms with Gasteiger partial charge in [-0.25, -0.2) is 0 Å². The summed E-state index contributed by atoms with van der Waals surface area (Å²) in [5.74, 6) is 0. The van der Waals surface area contributed by atoms with E-state index in [4.69, 9.17) is 16.6 Å². The van der Waals surface area contributed by atoms with E-state index in [1.807, 2.05) is 42.5 Å². The molecule has 0 N–H and O–H groups in total. The molecule has 0 aliphatic heterocycles. The molecule has 3 rings (SSSR count). The predicted octanol–water partition coefficient (Wildman–Crippen LogP) is 4.23. The summed E-state index contributed by atoms with van der Waals surface area (Å²) in [6.45, 7) is 0. The Morgan fingerprint density at radius 2 is 1.70 bits per heavy atom. The van der Waals surface area contributed by atoms with Gasteiger partial charge in [0.15, 0.2) is 0 Å². The van der Waals surface area contributed by atoms with E-state index in [1.54, 1.807) is 0 Å². The molecule has 0 aliphatic carbocycles. The quantitative estimate of drug-likeness (QED) is 0.659. The zero-order valence-electron chi connectivity index (χ0n) is 11.0. The van der Waals surface area contributed by atoms with Crippen molar-refractivity contribution in [2.45, 2.75) is 0 Å². The Hall–Kier alpha value is -1.54. The van der Waals surface area contributed by atoms with E-state index >= 15 is 0 Å². The fraction of sp³-hybridized carbons (Fsp3) is 0.0625. The molecule has 3 aromatic rings. The van der Waals surface area contributed by atoms with Crippen molar-refractivity contribution in [3.8, 4) is 11.3 Å². The molecule has 0 bridgehead atoms. The van der Waals surface area contributed by atoms with Gasteiger partial charge in [0.2, 0.25) is 0 Å². The van der Waals surface area contributed by atoms with Gasteiger partial charge in [0.25, 0.3) is 0 Å². The first-order chi connectivity index (χ1) is 9.74. The van der Waals surface area contributed by atoms with Gasteiger partial charge >= 0.3 is 129 Å². The molecule has 0 unspecified atom stereocenters. The van der Waals surface area contributed by atoms with E-state index in [-0.39, 0.29) is 14.5 Å². The number of aromatic nitrogens is 1. The van der Waals surface area contributed by atoms with Crippen LogP contribution in [0.15, 0.2) is 59.5 Å². The van der Waals surface area contributed by atoms with Gasteiger partial charge in [0.1, 0.15) is 0 Å². The van der Waals surface area contributed by atoms with Crippen LogP contribution in [0.4, 0.5) is 10.4 Å². The van der Waals surface area contributed by atoms with Gasteiger partial charge in [-0.3, -0.25) is 0 Å². The Labute approximate surface area is 129 Å². The van der Waals surface area contributed by atoms with Crippen molar-refractivity contribution in [1.82, 2.24) is 4.98 Å². The summed E-state index contributed by atoms with van der Waals surface area (Å²) in [5.41, 5.74) is 3.33. The molecule has 0 spiro atoms. The number of nitrogens with zero attached hydrogens (tertiary/aromatic N) is 2. The Kier molecular flexibility index (Phi) is 3.93. The van der Waals surface area contributed by atoms with Crippen LogP contribution in [0.1, 0.15) is 0 Å². The van der Waals surface area contributed by atoms with E-state index < -0.39 is 0 Å². The second-order valence-corrected chi connectivity index (χ2v) is 6.61. The molecule has 1 aromatic heterocycles. The summed E-state index contributed by atoms with van der Waals surface area (Å²) in [6, 6.07) is 18.1. The molecular weight excluding hydrogens is 335 g/mol. The number of hydrogen-bond donors (Lipinski definition) is 0. The van der Waals surface area contributed by atoms with Gasteiger partial charge in [-0.05, 0) is 0 Å². The second-order valence-electron chi connectivity index (χ2n) is 4.42. The average Bonchev–Trinajstić information content (AvgIpc) is 2.98. The SMILES string of the molecule is CN(c1ccccc1)c1nc(-c2ccc(Cl)cc2)c[se]1. The Balaban J connectivity index is 1.89. The van der Waals surface area contributed by atoms with Crippen molar-refractivity contribution in [2.24, 2.45) is 0 Å². The summed E-state index contributed by atoms with van der Waals surface area (Å²) in [7, 11) is 2.06. The van der Waals surface area contributed by atoms with Gasteiger partial charge in [0, 0.05) is 0 Å². The fourth-order valence-electron chi connectivity index (χ4n) is 1.93. The van der Waals surface area contributed by atoms with E-state index in [0.29, 0.717) is 0 Å². The van der Waals surface area contributed by atoms with E-state index in [2.05, 4.69) is 29.0 Å². The summed E-state index contributed by atoms with van der Waals surface area (Å²) >= 11 is 6.18. The summed E-state index contributed by atoms with van der Waals surface area (Å²) in [4.78, 5) is 9.12. The first-order valence-electron chi connectivity index (χ1n) is 6.24. The maximum atomic E-state index is 5.92. The molecule has 0 fully saturated rings. The molecule has 0 atom stereocenters. The number of hydrogen-bond acceptors (Lipinski definition) is 2. The standard InChI is InChI=1S/C16H13ClN2Se/c1-19(14-5-3-2-4-6-14)16-18-15(11-20-16)12-7-9-13(17)10-8-12/h2-11H,1H3. The van der Waals surface area contributed by atoms with E-state index in [0.717, 1.165) is 21.0 Å². The van der Waals surface area contributed by atoms with Crippen molar-refractivity contribution >= 4 is 36.5 Å². The molecule has 0 radical (unpaired) electrons. The fourth-order valence-corrected chi connectivity index (χ4v) is 3.78. The molecule has 4 heteroatoms. The average molecular weight is 348 g/mol. The Morgan fingerprint density at radius 3 is 2.40 bits per heavy atom. The minimum absolute atomic E-state index is 0.263. The van der Waals surface area contributed by atoms with Gasteiger partial charge in [-0.2, -0.15) is 0 Å². The van der Waals surface area contributed by atoms with Crippen molar-refractivity contribution in [1.29, 1.82) is 0 Å². The van der Waals surface area contributed by atoms with Crippen molar-refractivity contribution < 1.29 is 0 Å². The van der Waals surface area contributed by atoms with E-state index in [1.165, 1.54) is 5.69 Å². The molecular formula is C16H13ClN2Se. The third-order valence-corrected chi connectivity index (χ3v) is 5.24. The number of rotatable bonds is 3. The number of benzene rings is 2. The number of anilines is 2. The van der Waals surface area contributed by atoms with Crippen molar-refractivity contribution in [3.63, 3.8) is 0 Å². The van der Waals surface area contributed by atoms with Crippen LogP contribution >= 0.6 is 11.6 Å². The summed E-state index contributed by atoms with van der Waals surface area (Å²) in [6.07, 6.45) is 0. The van der Waals surface area contributed by atoms with Crippen LogP contribution in [0.3, 0.4) is 0 Å². The van der Waals surface area contributed by atoms with Gasteiger partial charge in [-0.1, -0.05) is 0 Å². The second kappa shape index (κ2) is 5.84. The number of para-hydroxylation sites is 1. The summed E-state index contributed by atoms with van der Waals surface area (Å²) in [5, 5.41) is 0.753. The molecule has 2 aromatic carbocycles. The molecule has 0 amide bonds. The van der Waals surface area contributed by atoms with E-state index in [9.17, 15) is 0 Å². The van der Waals surface area contributed by atoms with Gasteiger partial charge in [0.05, 0.1) is 0 Å². The van der Waals surface area contributed by atoms with Crippen LogP contribution in [0.25, 0.3) is 11.3 Å². The van der Waals surface area contributed by atoms with Crippen LogP contribution in [-0.2, 0) is 0 Å². The zero-order chi connectivity index (χ0) is 13.9. The third kappa shape index (κ3) is 2.80. The topological polar surface area (TPSA) is 16.1 Å². The molecule has 0 saturated carbocycles. The van der Waals surface area contributed by atoms with Crippen LogP contribution in [0, 0.1) is 0 Å². The molecule has 2 nitrogen and oxygen atoms in total. The Bertz CT molecular complexity index is 692. The number of halogens is 1. The Morgan fingerprint density at radius 1 is 1.00 bits per heavy atom. The minimum atomic E-state index is 0.263. The monoisotopic (exact) mass is 348 g/mol. The van der Waals surface area contributed by atoms with Crippen LogP contribution in [0.2, 0.25) is 5.02 Å². The predicted molar refractivity (Wildman–Crippen MR) is 86.1 cm³/mol. The van der Waals surface area contributed by atoms with Crippen LogP contribution < -0.4 is 4.90 Å². The van der Waals surface area contributed by atoms with Crippen LogP contribution in [-0.4, -0.2) is 26.5 Å². The zero-order valence-corrected chi connectivity index (χ0v) is 13.4. The molecule has 20 heavy (non-hydrogen) atoms.